The molecule has 30 heavy (non-hydrogen) atoms. The maximum Gasteiger partial charge on any atom is 0.252 e. The predicted octanol–water partition coefficient (Wildman–Crippen LogP) is 3.57. The molecule has 0 saturated carbocycles. The first kappa shape index (κ1) is 21.2. The van der Waals surface area contributed by atoms with Crippen molar-refractivity contribution in [2.75, 3.05) is 36.4 Å². The van der Waals surface area contributed by atoms with Gasteiger partial charge in [-0.2, -0.15) is 4.31 Å². The zero-order valence-electron chi connectivity index (χ0n) is 16.5. The summed E-state index contributed by atoms with van der Waals surface area (Å²) in [5, 5.41) is 3.22. The molecule has 1 fully saturated rings. The van der Waals surface area contributed by atoms with E-state index in [4.69, 9.17) is 0 Å². The highest BCUT2D eigenvalue weighted by Gasteiger charge is 2.30. The Morgan fingerprint density at radius 3 is 2.47 bits per heavy atom. The van der Waals surface area contributed by atoms with Crippen molar-refractivity contribution in [1.29, 1.82) is 0 Å². The van der Waals surface area contributed by atoms with Crippen molar-refractivity contribution in [3.05, 3.63) is 51.7 Å². The molecule has 8 nitrogen and oxygen atoms in total. The van der Waals surface area contributed by atoms with E-state index in [1.807, 2.05) is 32.0 Å². The molecule has 3 aromatic rings. The summed E-state index contributed by atoms with van der Waals surface area (Å²) in [6, 6.07) is 9.15. The molecule has 0 atom stereocenters. The molecule has 0 amide bonds. The summed E-state index contributed by atoms with van der Waals surface area (Å²) in [7, 11) is -3.47. The van der Waals surface area contributed by atoms with Gasteiger partial charge in [-0.05, 0) is 59.6 Å². The lowest BCUT2D eigenvalue weighted by molar-refractivity contribution is 0.384. The third-order valence-electron chi connectivity index (χ3n) is 4.70. The second-order valence-electron chi connectivity index (χ2n) is 6.95. The van der Waals surface area contributed by atoms with Gasteiger partial charge in [-0.25, -0.2) is 23.4 Å². The number of thiophene rings is 1. The average Bonchev–Trinajstić information content (AvgIpc) is 3.15. The fraction of sp³-hybridized carbons (Fsp3) is 0.316. The van der Waals surface area contributed by atoms with Gasteiger partial charge in [0.15, 0.2) is 0 Å². The Labute approximate surface area is 188 Å². The highest BCUT2D eigenvalue weighted by atomic mass is 79.9. The van der Waals surface area contributed by atoms with E-state index >= 15 is 0 Å². The molecule has 0 bridgehead atoms. The first-order valence-electron chi connectivity index (χ1n) is 9.37. The predicted molar refractivity (Wildman–Crippen MR) is 122 cm³/mol. The van der Waals surface area contributed by atoms with Crippen LogP contribution in [0.5, 0.6) is 0 Å². The van der Waals surface area contributed by atoms with E-state index in [0.717, 1.165) is 21.0 Å². The van der Waals surface area contributed by atoms with Crippen molar-refractivity contribution >= 4 is 54.7 Å². The Hall–Kier alpha value is -2.08. The molecule has 1 aliphatic rings. The average molecular weight is 509 g/mol. The number of aryl methyl sites for hydroxylation is 2. The molecule has 0 aromatic carbocycles. The van der Waals surface area contributed by atoms with E-state index in [9.17, 15) is 8.42 Å². The lowest BCUT2D eigenvalue weighted by atomic mass is 10.3. The van der Waals surface area contributed by atoms with Crippen LogP contribution in [0.1, 0.15) is 11.4 Å². The highest BCUT2D eigenvalue weighted by molar-refractivity contribution is 9.11. The Kier molecular flexibility index (Phi) is 6.05. The van der Waals surface area contributed by atoms with Crippen molar-refractivity contribution in [1.82, 2.24) is 19.3 Å². The molecule has 1 N–H and O–H groups in total. The van der Waals surface area contributed by atoms with Crippen LogP contribution >= 0.6 is 27.3 Å². The maximum atomic E-state index is 12.8. The van der Waals surface area contributed by atoms with Gasteiger partial charge in [0.05, 0.1) is 3.79 Å². The largest absolute Gasteiger partial charge is 0.354 e. The topological polar surface area (TPSA) is 91.3 Å². The number of rotatable bonds is 5. The molecule has 0 radical (unpaired) electrons. The van der Waals surface area contributed by atoms with Gasteiger partial charge < -0.3 is 10.2 Å². The van der Waals surface area contributed by atoms with E-state index < -0.39 is 10.0 Å². The van der Waals surface area contributed by atoms with E-state index in [1.165, 1.54) is 15.6 Å². The van der Waals surface area contributed by atoms with Crippen LogP contribution < -0.4 is 10.2 Å². The molecule has 1 aliphatic heterocycles. The Morgan fingerprint density at radius 1 is 1.03 bits per heavy atom. The summed E-state index contributed by atoms with van der Waals surface area (Å²) in [6.07, 6.45) is 1.75. The molecule has 11 heteroatoms. The summed E-state index contributed by atoms with van der Waals surface area (Å²) < 4.78 is 28.4. The lowest BCUT2D eigenvalue weighted by Gasteiger charge is -2.34. The summed E-state index contributed by atoms with van der Waals surface area (Å²) in [5.74, 6) is 2.79. The van der Waals surface area contributed by atoms with Crippen molar-refractivity contribution in [3.63, 3.8) is 0 Å². The van der Waals surface area contributed by atoms with Crippen LogP contribution in [0, 0.1) is 13.8 Å². The molecule has 0 unspecified atom stereocenters. The summed E-state index contributed by atoms with van der Waals surface area (Å²) in [6.45, 7) is 5.78. The van der Waals surface area contributed by atoms with Gasteiger partial charge in [-0.3, -0.25) is 0 Å². The van der Waals surface area contributed by atoms with Crippen LogP contribution in [0.25, 0.3) is 0 Å². The van der Waals surface area contributed by atoms with E-state index in [0.29, 0.717) is 42.0 Å². The number of aromatic nitrogens is 3. The van der Waals surface area contributed by atoms with Crippen molar-refractivity contribution < 1.29 is 8.42 Å². The molecule has 0 aliphatic carbocycles. The maximum absolute atomic E-state index is 12.8. The molecule has 1 saturated heterocycles. The number of piperazine rings is 1. The number of sulfonamides is 1. The van der Waals surface area contributed by atoms with Crippen LogP contribution in [0.3, 0.4) is 0 Å². The van der Waals surface area contributed by atoms with Crippen LogP contribution in [-0.4, -0.2) is 53.9 Å². The van der Waals surface area contributed by atoms with Crippen LogP contribution in [0.2, 0.25) is 0 Å². The summed E-state index contributed by atoms with van der Waals surface area (Å²) in [4.78, 5) is 15.4. The Bertz CT molecular complexity index is 1160. The molecular formula is C19H21BrN6O2S2. The number of hydrogen-bond acceptors (Lipinski definition) is 8. The molecular weight excluding hydrogens is 488 g/mol. The quantitative estimate of drug-likeness (QED) is 0.563. The van der Waals surface area contributed by atoms with Crippen molar-refractivity contribution in [2.45, 2.75) is 18.1 Å². The minimum absolute atomic E-state index is 0.359. The fourth-order valence-corrected chi connectivity index (χ4v) is 6.82. The molecule has 158 valence electrons. The van der Waals surface area contributed by atoms with Gasteiger partial charge in [0.2, 0.25) is 0 Å². The van der Waals surface area contributed by atoms with Gasteiger partial charge >= 0.3 is 0 Å². The zero-order valence-corrected chi connectivity index (χ0v) is 19.8. The van der Waals surface area contributed by atoms with Gasteiger partial charge in [-0.1, -0.05) is 0 Å². The Morgan fingerprint density at radius 2 is 1.80 bits per heavy atom. The number of nitrogens with zero attached hydrogens (tertiary/aromatic N) is 5. The first-order chi connectivity index (χ1) is 14.3. The van der Waals surface area contributed by atoms with Gasteiger partial charge in [-0.15, -0.1) is 11.3 Å². The normalized spacial score (nSPS) is 15.4. The summed E-state index contributed by atoms with van der Waals surface area (Å²) in [5.41, 5.74) is 1.11. The number of hydrogen-bond donors (Lipinski definition) is 1. The fourth-order valence-electron chi connectivity index (χ4n) is 3.23. The van der Waals surface area contributed by atoms with Crippen molar-refractivity contribution in [2.24, 2.45) is 0 Å². The molecule has 0 spiro atoms. The van der Waals surface area contributed by atoms with Crippen molar-refractivity contribution in [3.8, 4) is 0 Å². The molecule has 4 rings (SSSR count). The zero-order chi connectivity index (χ0) is 21.3. The van der Waals surface area contributed by atoms with Crippen LogP contribution in [-0.2, 0) is 10.0 Å². The first-order valence-corrected chi connectivity index (χ1v) is 12.4. The van der Waals surface area contributed by atoms with Crippen LogP contribution in [0.15, 0.2) is 44.5 Å². The smallest absolute Gasteiger partial charge is 0.252 e. The van der Waals surface area contributed by atoms with Gasteiger partial charge in [0.25, 0.3) is 10.0 Å². The second kappa shape index (κ2) is 8.58. The summed E-state index contributed by atoms with van der Waals surface area (Å²) >= 11 is 4.56. The minimum atomic E-state index is -3.47. The molecule has 4 heterocycles. The number of anilines is 3. The monoisotopic (exact) mass is 508 g/mol. The minimum Gasteiger partial charge on any atom is -0.354 e. The second-order valence-corrected chi connectivity index (χ2v) is 11.6. The highest BCUT2D eigenvalue weighted by Crippen LogP contribution is 2.29. The third-order valence-corrected chi connectivity index (χ3v) is 8.69. The van der Waals surface area contributed by atoms with E-state index in [2.05, 4.69) is 41.1 Å². The Balaban J connectivity index is 1.47. The number of nitrogens with one attached hydrogen (secondary N) is 1. The number of pyridine rings is 1. The SMILES string of the molecule is Cc1ccnc(Nc2cc(N3CCN(S(=O)(=O)c4ccc(Br)s4)CC3)nc(C)n2)c1. The third kappa shape index (κ3) is 4.64. The van der Waals surface area contributed by atoms with E-state index in [1.54, 1.807) is 18.3 Å². The van der Waals surface area contributed by atoms with Crippen LogP contribution in [0.4, 0.5) is 17.5 Å². The van der Waals surface area contributed by atoms with Gasteiger partial charge in [0.1, 0.15) is 27.5 Å². The van der Waals surface area contributed by atoms with E-state index in [-0.39, 0.29) is 0 Å². The number of halogens is 1. The lowest BCUT2D eigenvalue weighted by Crippen LogP contribution is -2.48. The standard InChI is InChI=1S/C19H21BrN6O2S2/c1-13-5-6-21-16(11-13)24-17-12-18(23-14(2)22-17)25-7-9-26(10-8-25)30(27,28)19-4-3-15(20)29-19/h3-6,11-12H,7-10H2,1-2H3,(H,21,22,23,24). The molecule has 3 aromatic heterocycles. The van der Waals surface area contributed by atoms with Gasteiger partial charge in [0, 0.05) is 38.4 Å².